The van der Waals surface area contributed by atoms with Gasteiger partial charge in [0.05, 0.1) is 0 Å². The Morgan fingerprint density at radius 2 is 2.07 bits per heavy atom. The molecule has 0 N–H and O–H groups in total. The summed E-state index contributed by atoms with van der Waals surface area (Å²) in [4.78, 5) is 3.05. The molecule has 0 bridgehead atoms. The largest absolute Gasteiger partial charge is 0.265 e. The van der Waals surface area contributed by atoms with Crippen LogP contribution in [0.2, 0.25) is 0 Å². The fourth-order valence-corrected chi connectivity index (χ4v) is 4.64. The molecule has 1 aromatic heterocycles. The zero-order chi connectivity index (χ0) is 11.8. The van der Waals surface area contributed by atoms with Crippen molar-refractivity contribution in [2.45, 2.75) is 11.3 Å². The van der Waals surface area contributed by atoms with Gasteiger partial charge < -0.3 is 0 Å². The second kappa shape index (κ2) is 4.76. The first-order chi connectivity index (χ1) is 6.73. The van der Waals surface area contributed by atoms with Crippen LogP contribution in [0.25, 0.3) is 0 Å². The SMILES string of the molecule is O=S(=O)(Cl)c1c(C(F)F)cc(Br)nc1I. The Morgan fingerprint density at radius 3 is 2.47 bits per heavy atom. The molecule has 0 radical (unpaired) electrons. The van der Waals surface area contributed by atoms with Gasteiger partial charge in [0, 0.05) is 16.2 Å². The molecule has 0 amide bonds. The summed E-state index contributed by atoms with van der Waals surface area (Å²) in [5.74, 6) is 0. The van der Waals surface area contributed by atoms with Crippen LogP contribution in [0.1, 0.15) is 12.0 Å². The van der Waals surface area contributed by atoms with Crippen molar-refractivity contribution >= 4 is 58.3 Å². The molecule has 0 saturated heterocycles. The van der Waals surface area contributed by atoms with E-state index in [4.69, 9.17) is 10.7 Å². The molecule has 0 atom stereocenters. The maximum Gasteiger partial charge on any atom is 0.265 e. The van der Waals surface area contributed by atoms with Gasteiger partial charge in [0.1, 0.15) is 13.2 Å². The van der Waals surface area contributed by atoms with Crippen molar-refractivity contribution < 1.29 is 17.2 Å². The lowest BCUT2D eigenvalue weighted by molar-refractivity contribution is 0.147. The fraction of sp³-hybridized carbons (Fsp3) is 0.167. The van der Waals surface area contributed by atoms with Gasteiger partial charge in [-0.05, 0) is 44.6 Å². The molecular weight excluding hydrogens is 430 g/mol. The van der Waals surface area contributed by atoms with Gasteiger partial charge in [-0.25, -0.2) is 22.2 Å². The number of halogens is 5. The maximum atomic E-state index is 12.5. The molecule has 0 saturated carbocycles. The van der Waals surface area contributed by atoms with Gasteiger partial charge in [0.2, 0.25) is 0 Å². The van der Waals surface area contributed by atoms with Gasteiger partial charge >= 0.3 is 0 Å². The highest BCUT2D eigenvalue weighted by atomic mass is 127. The Hall–Kier alpha value is 0.460. The molecule has 0 fully saturated rings. The highest BCUT2D eigenvalue weighted by Crippen LogP contribution is 2.33. The van der Waals surface area contributed by atoms with E-state index < -0.39 is 25.9 Å². The van der Waals surface area contributed by atoms with Crippen LogP contribution in [-0.4, -0.2) is 13.4 Å². The van der Waals surface area contributed by atoms with Crippen LogP contribution in [0.15, 0.2) is 15.6 Å². The minimum atomic E-state index is -4.22. The second-order valence-electron chi connectivity index (χ2n) is 2.39. The minimum absolute atomic E-state index is 0.0905. The minimum Gasteiger partial charge on any atom is -0.234 e. The van der Waals surface area contributed by atoms with E-state index in [9.17, 15) is 17.2 Å². The molecule has 9 heteroatoms. The molecule has 1 aromatic rings. The average molecular weight is 432 g/mol. The second-order valence-corrected chi connectivity index (χ2v) is 6.73. The first kappa shape index (κ1) is 13.5. The first-order valence-corrected chi connectivity index (χ1v) is 7.50. The summed E-state index contributed by atoms with van der Waals surface area (Å²) >= 11 is 4.43. The van der Waals surface area contributed by atoms with Gasteiger partial charge in [-0.2, -0.15) is 0 Å². The Labute approximate surface area is 111 Å². The van der Waals surface area contributed by atoms with E-state index in [2.05, 4.69) is 20.9 Å². The van der Waals surface area contributed by atoms with Gasteiger partial charge in [-0.15, -0.1) is 0 Å². The van der Waals surface area contributed by atoms with Crippen LogP contribution in [0.5, 0.6) is 0 Å². The molecule has 1 heterocycles. The zero-order valence-electron chi connectivity index (χ0n) is 6.72. The van der Waals surface area contributed by atoms with E-state index in [-0.39, 0.29) is 8.30 Å². The van der Waals surface area contributed by atoms with Crippen molar-refractivity contribution in [3.8, 4) is 0 Å². The van der Waals surface area contributed by atoms with Crippen molar-refractivity contribution in [3.63, 3.8) is 0 Å². The zero-order valence-corrected chi connectivity index (χ0v) is 12.0. The Bertz CT molecular complexity index is 496. The van der Waals surface area contributed by atoms with Gasteiger partial charge in [-0.3, -0.25) is 0 Å². The molecule has 0 aliphatic rings. The van der Waals surface area contributed by atoms with Crippen LogP contribution in [-0.2, 0) is 9.05 Å². The predicted octanol–water partition coefficient (Wildman–Crippen LogP) is 3.31. The standard InChI is InChI=1S/C6H2BrClF2INO2S/c7-3-1-2(5(9)10)4(6(11)12-3)15(8,13)14/h1,5H. The third-order valence-electron chi connectivity index (χ3n) is 1.41. The molecule has 84 valence electrons. The lowest BCUT2D eigenvalue weighted by atomic mass is 10.3. The Kier molecular flexibility index (Phi) is 4.29. The number of nitrogens with zero attached hydrogens (tertiary/aromatic N) is 1. The summed E-state index contributed by atoms with van der Waals surface area (Å²) in [5.41, 5.74) is -0.656. The average Bonchev–Trinajstić information content (AvgIpc) is 1.99. The van der Waals surface area contributed by atoms with Crippen LogP contribution >= 0.6 is 49.2 Å². The van der Waals surface area contributed by atoms with Crippen LogP contribution < -0.4 is 0 Å². The maximum absolute atomic E-state index is 12.5. The van der Waals surface area contributed by atoms with Crippen molar-refractivity contribution in [3.05, 3.63) is 19.9 Å². The molecule has 0 aliphatic heterocycles. The number of rotatable bonds is 2. The number of pyridine rings is 1. The quantitative estimate of drug-likeness (QED) is 0.409. The molecule has 0 aliphatic carbocycles. The van der Waals surface area contributed by atoms with Crippen molar-refractivity contribution in [1.82, 2.24) is 4.98 Å². The molecular formula is C6H2BrClF2INO2S. The van der Waals surface area contributed by atoms with E-state index in [1.807, 2.05) is 0 Å². The van der Waals surface area contributed by atoms with Gasteiger partial charge in [0.25, 0.3) is 15.5 Å². The van der Waals surface area contributed by atoms with Crippen LogP contribution in [0, 0.1) is 3.70 Å². The lowest BCUT2D eigenvalue weighted by Gasteiger charge is -2.07. The monoisotopic (exact) mass is 431 g/mol. The van der Waals surface area contributed by atoms with E-state index in [0.717, 1.165) is 6.07 Å². The first-order valence-electron chi connectivity index (χ1n) is 3.32. The fourth-order valence-electron chi connectivity index (χ4n) is 0.893. The van der Waals surface area contributed by atoms with Gasteiger partial charge in [-0.1, -0.05) is 0 Å². The Morgan fingerprint density at radius 1 is 1.53 bits per heavy atom. The number of aromatic nitrogens is 1. The summed E-state index contributed by atoms with van der Waals surface area (Å²) in [6, 6.07) is 0.933. The number of hydrogen-bond acceptors (Lipinski definition) is 3. The van der Waals surface area contributed by atoms with Crippen molar-refractivity contribution in [2.75, 3.05) is 0 Å². The summed E-state index contributed by atoms with van der Waals surface area (Å²) < 4.78 is 47.3. The third kappa shape index (κ3) is 3.21. The summed E-state index contributed by atoms with van der Waals surface area (Å²) in [6.45, 7) is 0. The number of hydrogen-bond donors (Lipinski definition) is 0. The summed E-state index contributed by atoms with van der Waals surface area (Å²) in [7, 11) is 0.820. The topological polar surface area (TPSA) is 47.0 Å². The van der Waals surface area contributed by atoms with Crippen LogP contribution in [0.4, 0.5) is 8.78 Å². The van der Waals surface area contributed by atoms with E-state index in [1.54, 1.807) is 0 Å². The van der Waals surface area contributed by atoms with E-state index in [1.165, 1.54) is 22.6 Å². The Balaban J connectivity index is 3.62. The highest BCUT2D eigenvalue weighted by Gasteiger charge is 2.26. The molecule has 0 spiro atoms. The third-order valence-corrected chi connectivity index (χ3v) is 4.34. The molecule has 0 unspecified atom stereocenters. The predicted molar refractivity (Wildman–Crippen MR) is 62.6 cm³/mol. The van der Waals surface area contributed by atoms with Gasteiger partial charge in [0.15, 0.2) is 0 Å². The van der Waals surface area contributed by atoms with Crippen LogP contribution in [0.3, 0.4) is 0 Å². The van der Waals surface area contributed by atoms with E-state index >= 15 is 0 Å². The number of alkyl halides is 2. The summed E-state index contributed by atoms with van der Waals surface area (Å²) in [6.07, 6.45) is -2.93. The molecule has 15 heavy (non-hydrogen) atoms. The molecule has 1 rings (SSSR count). The molecule has 3 nitrogen and oxygen atoms in total. The lowest BCUT2D eigenvalue weighted by Crippen LogP contribution is -2.04. The highest BCUT2D eigenvalue weighted by molar-refractivity contribution is 14.1. The van der Waals surface area contributed by atoms with Crippen molar-refractivity contribution in [1.29, 1.82) is 0 Å². The molecule has 0 aromatic carbocycles. The smallest absolute Gasteiger partial charge is 0.234 e. The normalized spacial score (nSPS) is 12.1. The van der Waals surface area contributed by atoms with Crippen molar-refractivity contribution in [2.24, 2.45) is 0 Å². The van der Waals surface area contributed by atoms with E-state index in [0.29, 0.717) is 0 Å². The summed E-state index contributed by atoms with van der Waals surface area (Å²) in [5, 5.41) is 0.